The molecule has 0 spiro atoms. The SMILES string of the molecule is Cc1ccc(N2C(=O)[C@@H]3N=NN(Cc4nc(-c5ccc(OC(C)C)cc5)no4)[C@H]3C2=O)cc1Cl. The molecule has 2 aliphatic rings. The van der Waals surface area contributed by atoms with E-state index in [-0.39, 0.29) is 18.5 Å². The van der Waals surface area contributed by atoms with E-state index in [0.29, 0.717) is 16.5 Å². The topological polar surface area (TPSA) is 113 Å². The van der Waals surface area contributed by atoms with Gasteiger partial charge in [0.05, 0.1) is 11.8 Å². The summed E-state index contributed by atoms with van der Waals surface area (Å²) in [5, 5.41) is 13.9. The van der Waals surface area contributed by atoms with E-state index < -0.39 is 23.9 Å². The van der Waals surface area contributed by atoms with Gasteiger partial charge in [-0.1, -0.05) is 28.0 Å². The second-order valence-electron chi connectivity index (χ2n) is 8.34. The minimum absolute atomic E-state index is 0.0354. The molecule has 5 rings (SSSR count). The van der Waals surface area contributed by atoms with Crippen LogP contribution in [-0.2, 0) is 16.1 Å². The van der Waals surface area contributed by atoms with Gasteiger partial charge in [0.25, 0.3) is 11.8 Å². The Morgan fingerprint density at radius 1 is 1.12 bits per heavy atom. The number of benzene rings is 2. The van der Waals surface area contributed by atoms with Crippen LogP contribution >= 0.6 is 11.6 Å². The number of aromatic nitrogens is 2. The van der Waals surface area contributed by atoms with Crippen molar-refractivity contribution in [1.82, 2.24) is 15.1 Å². The van der Waals surface area contributed by atoms with E-state index in [1.165, 1.54) is 5.01 Å². The quantitative estimate of drug-likeness (QED) is 0.490. The van der Waals surface area contributed by atoms with Gasteiger partial charge >= 0.3 is 0 Å². The monoisotopic (exact) mass is 480 g/mol. The Morgan fingerprint density at radius 3 is 2.59 bits per heavy atom. The predicted octanol–water partition coefficient (Wildman–Crippen LogP) is 3.98. The lowest BCUT2D eigenvalue weighted by Gasteiger charge is -2.19. The summed E-state index contributed by atoms with van der Waals surface area (Å²) in [6.45, 7) is 5.79. The second kappa shape index (κ2) is 8.53. The van der Waals surface area contributed by atoms with E-state index in [1.54, 1.807) is 18.2 Å². The molecule has 2 amide bonds. The summed E-state index contributed by atoms with van der Waals surface area (Å²) in [6, 6.07) is 10.6. The normalized spacial score (nSPS) is 19.4. The van der Waals surface area contributed by atoms with E-state index in [4.69, 9.17) is 20.9 Å². The van der Waals surface area contributed by atoms with Crippen LogP contribution in [0, 0.1) is 6.92 Å². The molecular formula is C23H21ClN6O4. The van der Waals surface area contributed by atoms with Crippen molar-refractivity contribution >= 4 is 29.1 Å². The number of imide groups is 1. The van der Waals surface area contributed by atoms with Crippen LogP contribution in [0.4, 0.5) is 5.69 Å². The van der Waals surface area contributed by atoms with Crippen LogP contribution in [0.3, 0.4) is 0 Å². The minimum Gasteiger partial charge on any atom is -0.491 e. The molecule has 3 aromatic rings. The average Bonchev–Trinajstić information content (AvgIpc) is 3.49. The van der Waals surface area contributed by atoms with Crippen molar-refractivity contribution in [3.63, 3.8) is 0 Å². The number of hydrogen-bond acceptors (Lipinski definition) is 9. The van der Waals surface area contributed by atoms with E-state index in [9.17, 15) is 9.59 Å². The largest absolute Gasteiger partial charge is 0.491 e. The van der Waals surface area contributed by atoms with Gasteiger partial charge in [-0.2, -0.15) is 10.1 Å². The Morgan fingerprint density at radius 2 is 1.88 bits per heavy atom. The molecule has 0 unspecified atom stereocenters. The van der Waals surface area contributed by atoms with Gasteiger partial charge in [-0.15, -0.1) is 0 Å². The summed E-state index contributed by atoms with van der Waals surface area (Å²) < 4.78 is 11.0. The minimum atomic E-state index is -0.927. The van der Waals surface area contributed by atoms with Crippen molar-refractivity contribution in [3.8, 4) is 17.1 Å². The van der Waals surface area contributed by atoms with Crippen molar-refractivity contribution < 1.29 is 18.8 Å². The average molecular weight is 481 g/mol. The van der Waals surface area contributed by atoms with Crippen molar-refractivity contribution in [1.29, 1.82) is 0 Å². The van der Waals surface area contributed by atoms with Crippen molar-refractivity contribution in [2.24, 2.45) is 10.3 Å². The number of amides is 2. The Bertz CT molecular complexity index is 1290. The Hall–Kier alpha value is -3.79. The number of anilines is 1. The Kier molecular flexibility index (Phi) is 5.52. The zero-order chi connectivity index (χ0) is 24.0. The number of carbonyl (C=O) groups excluding carboxylic acids is 2. The van der Waals surface area contributed by atoms with E-state index in [0.717, 1.165) is 21.8 Å². The Balaban J connectivity index is 1.31. The molecule has 0 radical (unpaired) electrons. The molecule has 10 nitrogen and oxygen atoms in total. The maximum Gasteiger partial charge on any atom is 0.263 e. The van der Waals surface area contributed by atoms with Crippen LogP contribution in [0.25, 0.3) is 11.4 Å². The lowest BCUT2D eigenvalue weighted by Crippen LogP contribution is -2.39. The summed E-state index contributed by atoms with van der Waals surface area (Å²) >= 11 is 6.19. The molecule has 1 saturated heterocycles. The summed E-state index contributed by atoms with van der Waals surface area (Å²) in [5.41, 5.74) is 2.00. The maximum atomic E-state index is 13.2. The first-order valence-corrected chi connectivity index (χ1v) is 11.1. The fourth-order valence-electron chi connectivity index (χ4n) is 3.86. The van der Waals surface area contributed by atoms with Crippen LogP contribution in [0.1, 0.15) is 25.3 Å². The van der Waals surface area contributed by atoms with Crippen LogP contribution < -0.4 is 9.64 Å². The third-order valence-electron chi connectivity index (χ3n) is 5.52. The van der Waals surface area contributed by atoms with E-state index >= 15 is 0 Å². The van der Waals surface area contributed by atoms with Crippen LogP contribution in [0.2, 0.25) is 5.02 Å². The number of halogens is 1. The fraction of sp³-hybridized carbons (Fsp3) is 0.304. The molecule has 34 heavy (non-hydrogen) atoms. The number of aryl methyl sites for hydroxylation is 1. The zero-order valence-corrected chi connectivity index (χ0v) is 19.4. The van der Waals surface area contributed by atoms with Crippen LogP contribution in [0.5, 0.6) is 5.75 Å². The van der Waals surface area contributed by atoms with Crippen LogP contribution in [0.15, 0.2) is 57.3 Å². The summed E-state index contributed by atoms with van der Waals surface area (Å²) in [7, 11) is 0. The Labute approximate surface area is 200 Å². The summed E-state index contributed by atoms with van der Waals surface area (Å²) in [4.78, 5) is 31.6. The van der Waals surface area contributed by atoms with Gasteiger partial charge in [-0.05, 0) is 62.7 Å². The maximum absolute atomic E-state index is 13.2. The molecule has 0 saturated carbocycles. The third kappa shape index (κ3) is 3.90. The highest BCUT2D eigenvalue weighted by Crippen LogP contribution is 2.34. The van der Waals surface area contributed by atoms with Crippen LogP contribution in [-0.4, -0.2) is 45.2 Å². The zero-order valence-electron chi connectivity index (χ0n) is 18.7. The highest BCUT2D eigenvalue weighted by atomic mass is 35.5. The lowest BCUT2D eigenvalue weighted by atomic mass is 10.1. The standard InChI is InChI=1S/C23H21ClN6O4/c1-12(2)33-16-8-5-14(6-9-16)21-25-18(34-27-21)11-29-20-19(26-28-29)22(31)30(23(20)32)15-7-4-13(3)17(24)10-15/h4-10,12,19-20H,11H2,1-3H3/t19-,20-/m1/s1. The van der Waals surface area contributed by atoms with E-state index in [2.05, 4.69) is 20.5 Å². The third-order valence-corrected chi connectivity index (χ3v) is 5.93. The second-order valence-corrected chi connectivity index (χ2v) is 8.75. The number of carbonyl (C=O) groups is 2. The molecule has 2 atom stereocenters. The highest BCUT2D eigenvalue weighted by Gasteiger charge is 2.55. The van der Waals surface area contributed by atoms with Gasteiger partial charge in [-0.3, -0.25) is 14.6 Å². The molecule has 0 aliphatic carbocycles. The molecule has 0 N–H and O–H groups in total. The van der Waals surface area contributed by atoms with Gasteiger partial charge in [-0.25, -0.2) is 4.90 Å². The number of ether oxygens (including phenoxy) is 1. The summed E-state index contributed by atoms with van der Waals surface area (Å²) in [6.07, 6.45) is 0.0742. The highest BCUT2D eigenvalue weighted by molar-refractivity contribution is 6.32. The summed E-state index contributed by atoms with van der Waals surface area (Å²) in [5.74, 6) is 0.504. The number of rotatable bonds is 6. The molecule has 11 heteroatoms. The molecule has 174 valence electrons. The van der Waals surface area contributed by atoms with Crippen molar-refractivity contribution in [3.05, 3.63) is 58.9 Å². The molecule has 1 aromatic heterocycles. The molecule has 0 bridgehead atoms. The number of fused-ring (bicyclic) bond motifs is 1. The van der Waals surface area contributed by atoms with Gasteiger partial charge in [0.1, 0.15) is 12.3 Å². The van der Waals surface area contributed by atoms with Gasteiger partial charge in [0, 0.05) is 10.6 Å². The molecule has 2 aromatic carbocycles. The van der Waals surface area contributed by atoms with E-state index in [1.807, 2.05) is 45.0 Å². The van der Waals surface area contributed by atoms with Crippen molar-refractivity contribution in [2.75, 3.05) is 4.90 Å². The lowest BCUT2D eigenvalue weighted by molar-refractivity contribution is -0.123. The number of nitrogens with zero attached hydrogens (tertiary/aromatic N) is 6. The number of hydrogen-bond donors (Lipinski definition) is 0. The van der Waals surface area contributed by atoms with Gasteiger partial charge in [0.15, 0.2) is 12.1 Å². The molecule has 3 heterocycles. The van der Waals surface area contributed by atoms with Crippen molar-refractivity contribution in [2.45, 2.75) is 45.5 Å². The first-order chi connectivity index (χ1) is 16.3. The van der Waals surface area contributed by atoms with Gasteiger partial charge in [0.2, 0.25) is 11.7 Å². The fourth-order valence-corrected chi connectivity index (χ4v) is 4.03. The predicted molar refractivity (Wildman–Crippen MR) is 122 cm³/mol. The first-order valence-electron chi connectivity index (χ1n) is 10.7. The smallest absolute Gasteiger partial charge is 0.263 e. The molecular weight excluding hydrogens is 460 g/mol. The molecule has 2 aliphatic heterocycles. The molecule has 1 fully saturated rings. The first kappa shape index (κ1) is 22.0. The van der Waals surface area contributed by atoms with Gasteiger partial charge < -0.3 is 9.26 Å².